The van der Waals surface area contributed by atoms with Crippen LogP contribution >= 0.6 is 27.5 Å². The van der Waals surface area contributed by atoms with Crippen LogP contribution < -0.4 is 10.1 Å². The molecule has 1 N–H and O–H groups in total. The van der Waals surface area contributed by atoms with Crippen LogP contribution in [0, 0.1) is 0 Å². The van der Waals surface area contributed by atoms with Crippen LogP contribution in [-0.2, 0) is 6.18 Å². The number of carbonyl (C=O) groups is 1. The summed E-state index contributed by atoms with van der Waals surface area (Å²) in [6.45, 7) is 2.31. The fourth-order valence-electron chi connectivity index (χ4n) is 1.90. The van der Waals surface area contributed by atoms with Gasteiger partial charge in [-0.05, 0) is 59.3 Å². The number of anilines is 1. The monoisotopic (exact) mass is 421 g/mol. The van der Waals surface area contributed by atoms with Gasteiger partial charge in [0, 0.05) is 5.56 Å². The molecule has 0 saturated heterocycles. The number of alkyl halides is 3. The lowest BCUT2D eigenvalue weighted by Gasteiger charge is -2.12. The van der Waals surface area contributed by atoms with Gasteiger partial charge in [0.1, 0.15) is 5.75 Å². The van der Waals surface area contributed by atoms with Crippen molar-refractivity contribution < 1.29 is 22.7 Å². The smallest absolute Gasteiger partial charge is 0.416 e. The molecule has 0 radical (unpaired) electrons. The van der Waals surface area contributed by atoms with Crippen molar-refractivity contribution in [2.45, 2.75) is 13.1 Å². The van der Waals surface area contributed by atoms with E-state index in [1.54, 1.807) is 18.2 Å². The minimum atomic E-state index is -4.49. The van der Waals surface area contributed by atoms with Crippen molar-refractivity contribution >= 4 is 39.1 Å². The second-order valence-electron chi connectivity index (χ2n) is 4.72. The predicted octanol–water partition coefficient (Wildman–Crippen LogP) is 5.77. The highest BCUT2D eigenvalue weighted by Crippen LogP contribution is 2.34. The molecule has 2 aromatic rings. The number of benzene rings is 2. The molecule has 2 rings (SSSR count). The molecule has 0 heterocycles. The summed E-state index contributed by atoms with van der Waals surface area (Å²) in [5, 5.41) is 2.29. The Balaban J connectivity index is 2.19. The van der Waals surface area contributed by atoms with E-state index in [1.807, 2.05) is 6.92 Å². The summed E-state index contributed by atoms with van der Waals surface area (Å²) in [6, 6.07) is 7.46. The summed E-state index contributed by atoms with van der Waals surface area (Å²) >= 11 is 9.11. The zero-order valence-corrected chi connectivity index (χ0v) is 14.7. The highest BCUT2D eigenvalue weighted by molar-refractivity contribution is 9.10. The van der Waals surface area contributed by atoms with Crippen LogP contribution in [-0.4, -0.2) is 12.5 Å². The molecule has 128 valence electrons. The maximum Gasteiger partial charge on any atom is 0.416 e. The van der Waals surface area contributed by atoms with Gasteiger partial charge in [-0.3, -0.25) is 4.79 Å². The number of hydrogen-bond acceptors (Lipinski definition) is 2. The molecule has 3 nitrogen and oxygen atoms in total. The topological polar surface area (TPSA) is 38.3 Å². The summed E-state index contributed by atoms with van der Waals surface area (Å²) in [6.07, 6.45) is -4.49. The zero-order valence-electron chi connectivity index (χ0n) is 12.4. The quantitative estimate of drug-likeness (QED) is 0.679. The molecule has 1 amide bonds. The summed E-state index contributed by atoms with van der Waals surface area (Å²) in [5.41, 5.74) is -0.477. The van der Waals surface area contributed by atoms with Crippen LogP contribution in [0.2, 0.25) is 5.02 Å². The zero-order chi connectivity index (χ0) is 17.9. The van der Waals surface area contributed by atoms with E-state index >= 15 is 0 Å². The summed E-state index contributed by atoms with van der Waals surface area (Å²) in [7, 11) is 0. The van der Waals surface area contributed by atoms with Crippen LogP contribution in [0.4, 0.5) is 18.9 Å². The van der Waals surface area contributed by atoms with Gasteiger partial charge >= 0.3 is 6.18 Å². The number of nitrogens with one attached hydrogen (secondary N) is 1. The lowest BCUT2D eigenvalue weighted by Crippen LogP contribution is -2.13. The number of rotatable bonds is 4. The Kier molecular flexibility index (Phi) is 5.77. The maximum absolute atomic E-state index is 12.6. The minimum absolute atomic E-state index is 0.0969. The number of ether oxygens (including phenoxy) is 1. The first-order valence-electron chi connectivity index (χ1n) is 6.83. The number of carbonyl (C=O) groups excluding carboxylic acids is 1. The average molecular weight is 423 g/mol. The van der Waals surface area contributed by atoms with Crippen LogP contribution in [0.25, 0.3) is 0 Å². The largest absolute Gasteiger partial charge is 0.493 e. The summed E-state index contributed by atoms with van der Waals surface area (Å²) in [5.74, 6) is 0.0852. The van der Waals surface area contributed by atoms with Crippen molar-refractivity contribution in [1.82, 2.24) is 0 Å². The van der Waals surface area contributed by atoms with Gasteiger partial charge in [-0.25, -0.2) is 0 Å². The van der Waals surface area contributed by atoms with Crippen molar-refractivity contribution in [3.63, 3.8) is 0 Å². The average Bonchev–Trinajstić information content (AvgIpc) is 2.50. The number of hydrogen-bond donors (Lipinski definition) is 1. The Morgan fingerprint density at radius 3 is 2.50 bits per heavy atom. The van der Waals surface area contributed by atoms with Crippen LogP contribution in [0.5, 0.6) is 5.75 Å². The molecule has 2 aromatic carbocycles. The lowest BCUT2D eigenvalue weighted by molar-refractivity contribution is -0.137. The highest BCUT2D eigenvalue weighted by Gasteiger charge is 2.31. The molecule has 0 aliphatic heterocycles. The molecule has 0 aliphatic rings. The van der Waals surface area contributed by atoms with Gasteiger partial charge in [-0.1, -0.05) is 11.6 Å². The van der Waals surface area contributed by atoms with Crippen LogP contribution in [0.3, 0.4) is 0 Å². The lowest BCUT2D eigenvalue weighted by atomic mass is 10.1. The van der Waals surface area contributed by atoms with Gasteiger partial charge in [0.25, 0.3) is 5.91 Å². The highest BCUT2D eigenvalue weighted by atomic mass is 79.9. The molecule has 24 heavy (non-hydrogen) atoms. The summed E-state index contributed by atoms with van der Waals surface area (Å²) in [4.78, 5) is 12.2. The van der Waals surface area contributed by atoms with E-state index in [1.165, 1.54) is 0 Å². The van der Waals surface area contributed by atoms with Crippen LogP contribution in [0.1, 0.15) is 22.8 Å². The molecule has 0 fully saturated rings. The molecule has 0 bridgehead atoms. The first-order chi connectivity index (χ1) is 11.2. The first-order valence-corrected chi connectivity index (χ1v) is 8.00. The van der Waals surface area contributed by atoms with Crippen LogP contribution in [0.15, 0.2) is 40.9 Å². The molecule has 0 atom stereocenters. The first kappa shape index (κ1) is 18.6. The van der Waals surface area contributed by atoms with E-state index in [0.29, 0.717) is 22.4 Å². The van der Waals surface area contributed by atoms with E-state index in [4.69, 9.17) is 16.3 Å². The number of halogens is 5. The Hall–Kier alpha value is -1.73. The molecule has 0 aromatic heterocycles. The van der Waals surface area contributed by atoms with Gasteiger partial charge in [-0.2, -0.15) is 13.2 Å². The van der Waals surface area contributed by atoms with Gasteiger partial charge < -0.3 is 10.1 Å². The molecule has 8 heteroatoms. The van der Waals surface area contributed by atoms with Crippen molar-refractivity contribution in [3.8, 4) is 5.75 Å². The molecular formula is C16H12BrClF3NO2. The Bertz CT molecular complexity index is 765. The fourth-order valence-corrected chi connectivity index (χ4v) is 2.62. The van der Waals surface area contributed by atoms with Crippen molar-refractivity contribution in [2.75, 3.05) is 11.9 Å². The third-order valence-electron chi connectivity index (χ3n) is 3.04. The van der Waals surface area contributed by atoms with E-state index < -0.39 is 17.6 Å². The molecular weight excluding hydrogens is 411 g/mol. The van der Waals surface area contributed by atoms with E-state index in [2.05, 4.69) is 21.2 Å². The van der Waals surface area contributed by atoms with Gasteiger partial charge in [0.2, 0.25) is 0 Å². The second-order valence-corrected chi connectivity index (χ2v) is 5.99. The molecule has 0 unspecified atom stereocenters. The Morgan fingerprint density at radius 1 is 1.25 bits per heavy atom. The van der Waals surface area contributed by atoms with E-state index in [0.717, 1.165) is 18.2 Å². The normalized spacial score (nSPS) is 11.2. The molecule has 0 aliphatic carbocycles. The number of amides is 1. The molecule has 0 spiro atoms. The summed E-state index contributed by atoms with van der Waals surface area (Å²) < 4.78 is 43.8. The maximum atomic E-state index is 12.6. The SMILES string of the molecule is CCOc1ccc(C(=O)Nc2ccc(C(F)(F)F)cc2Cl)cc1Br. The second kappa shape index (κ2) is 7.44. The third kappa shape index (κ3) is 4.42. The van der Waals surface area contributed by atoms with Gasteiger partial charge in [0.05, 0.1) is 27.4 Å². The van der Waals surface area contributed by atoms with Gasteiger partial charge in [-0.15, -0.1) is 0 Å². The Morgan fingerprint density at radius 2 is 1.96 bits per heavy atom. The van der Waals surface area contributed by atoms with Crippen molar-refractivity contribution in [2.24, 2.45) is 0 Å². The minimum Gasteiger partial charge on any atom is -0.493 e. The van der Waals surface area contributed by atoms with Crippen molar-refractivity contribution in [3.05, 3.63) is 57.0 Å². The fraction of sp³-hybridized carbons (Fsp3) is 0.188. The predicted molar refractivity (Wildman–Crippen MR) is 89.7 cm³/mol. The van der Waals surface area contributed by atoms with E-state index in [9.17, 15) is 18.0 Å². The third-order valence-corrected chi connectivity index (χ3v) is 3.97. The molecule has 0 saturated carbocycles. The Labute approximate surface area is 149 Å². The van der Waals surface area contributed by atoms with E-state index in [-0.39, 0.29) is 10.7 Å². The van der Waals surface area contributed by atoms with Gasteiger partial charge in [0.15, 0.2) is 0 Å². The standard InChI is InChI=1S/C16H12BrClF3NO2/c1-2-24-14-6-3-9(7-11(14)17)15(23)22-13-5-4-10(8-12(13)18)16(19,20)21/h3-8H,2H2,1H3,(H,22,23). The van der Waals surface area contributed by atoms with Crippen molar-refractivity contribution in [1.29, 1.82) is 0 Å².